The molecule has 0 aliphatic carbocycles. The van der Waals surface area contributed by atoms with Crippen LogP contribution in [0.5, 0.6) is 0 Å². The highest BCUT2D eigenvalue weighted by atomic mass is 35.5. The third-order valence-corrected chi connectivity index (χ3v) is 2.37. The molecule has 0 fully saturated rings. The molecule has 0 radical (unpaired) electrons. The summed E-state index contributed by atoms with van der Waals surface area (Å²) in [6, 6.07) is 6.26. The molecule has 98 valence electrons. The van der Waals surface area contributed by atoms with Gasteiger partial charge in [-0.15, -0.1) is 5.10 Å². The van der Waals surface area contributed by atoms with E-state index in [2.05, 4.69) is 26.4 Å². The van der Waals surface area contributed by atoms with Crippen molar-refractivity contribution >= 4 is 23.4 Å². The molecule has 2 aromatic rings. The van der Waals surface area contributed by atoms with Gasteiger partial charge in [0.1, 0.15) is 12.9 Å². The Labute approximate surface area is 112 Å². The number of hydrogen-bond donors (Lipinski definition) is 2. The van der Waals surface area contributed by atoms with Crippen molar-refractivity contribution in [3.05, 3.63) is 41.2 Å². The van der Waals surface area contributed by atoms with Gasteiger partial charge in [-0.05, 0) is 34.7 Å². The molecule has 0 bridgehead atoms. The van der Waals surface area contributed by atoms with Crippen molar-refractivity contribution in [1.82, 2.24) is 31.1 Å². The van der Waals surface area contributed by atoms with Gasteiger partial charge in [0.05, 0.1) is 0 Å². The minimum atomic E-state index is -0.449. The smallest absolute Gasteiger partial charge is 0.269 e. The SMILES string of the molecule is O=C(Cn1cnnn1)NNC(=O)c1ccc(Cl)cc1. The maximum Gasteiger partial charge on any atom is 0.269 e. The highest BCUT2D eigenvalue weighted by Gasteiger charge is 2.08. The molecule has 0 spiro atoms. The molecule has 2 N–H and O–H groups in total. The number of halogens is 1. The van der Waals surface area contributed by atoms with Crippen LogP contribution < -0.4 is 10.9 Å². The van der Waals surface area contributed by atoms with E-state index in [9.17, 15) is 9.59 Å². The number of carbonyl (C=O) groups is 2. The summed E-state index contributed by atoms with van der Waals surface area (Å²) in [6.45, 7) is -0.0894. The third kappa shape index (κ3) is 3.75. The first-order chi connectivity index (χ1) is 9.15. The lowest BCUT2D eigenvalue weighted by atomic mass is 10.2. The zero-order valence-corrected chi connectivity index (χ0v) is 10.3. The first-order valence-electron chi connectivity index (χ1n) is 5.20. The summed E-state index contributed by atoms with van der Waals surface area (Å²) in [7, 11) is 0. The molecule has 1 aromatic heterocycles. The van der Waals surface area contributed by atoms with E-state index in [1.54, 1.807) is 24.3 Å². The highest BCUT2D eigenvalue weighted by Crippen LogP contribution is 2.08. The first-order valence-corrected chi connectivity index (χ1v) is 5.58. The quantitative estimate of drug-likeness (QED) is 0.757. The minimum Gasteiger partial charge on any atom is -0.271 e. The van der Waals surface area contributed by atoms with Crippen LogP contribution in [0.15, 0.2) is 30.6 Å². The maximum atomic E-state index is 11.6. The van der Waals surface area contributed by atoms with Crippen molar-refractivity contribution in [1.29, 1.82) is 0 Å². The Morgan fingerprint density at radius 2 is 1.95 bits per heavy atom. The Bertz CT molecular complexity index is 568. The molecule has 1 aromatic carbocycles. The lowest BCUT2D eigenvalue weighted by Crippen LogP contribution is -2.43. The molecule has 2 amide bonds. The van der Waals surface area contributed by atoms with Gasteiger partial charge in [0, 0.05) is 10.6 Å². The number of carbonyl (C=O) groups excluding carboxylic acids is 2. The highest BCUT2D eigenvalue weighted by molar-refractivity contribution is 6.30. The molecule has 0 aliphatic rings. The van der Waals surface area contributed by atoms with Crippen LogP contribution in [0.1, 0.15) is 10.4 Å². The summed E-state index contributed by atoms with van der Waals surface area (Å²) in [6.07, 6.45) is 1.29. The lowest BCUT2D eigenvalue weighted by Gasteiger charge is -2.06. The van der Waals surface area contributed by atoms with E-state index >= 15 is 0 Å². The number of hydrogen-bond acceptors (Lipinski definition) is 5. The lowest BCUT2D eigenvalue weighted by molar-refractivity contribution is -0.122. The van der Waals surface area contributed by atoms with E-state index in [1.165, 1.54) is 11.0 Å². The number of benzene rings is 1. The van der Waals surface area contributed by atoms with Gasteiger partial charge in [0.25, 0.3) is 11.8 Å². The minimum absolute atomic E-state index is 0.0894. The van der Waals surface area contributed by atoms with E-state index in [0.29, 0.717) is 10.6 Å². The summed E-state index contributed by atoms with van der Waals surface area (Å²) in [5, 5.41) is 10.8. The molecule has 2 rings (SSSR count). The molecule has 19 heavy (non-hydrogen) atoms. The van der Waals surface area contributed by atoms with Crippen LogP contribution in [0.25, 0.3) is 0 Å². The monoisotopic (exact) mass is 280 g/mol. The number of tetrazole rings is 1. The zero-order valence-electron chi connectivity index (χ0n) is 9.58. The van der Waals surface area contributed by atoms with E-state index < -0.39 is 11.8 Å². The van der Waals surface area contributed by atoms with Crippen LogP contribution >= 0.6 is 11.6 Å². The van der Waals surface area contributed by atoms with Gasteiger partial charge in [-0.2, -0.15) is 0 Å². The fourth-order valence-corrected chi connectivity index (χ4v) is 1.37. The Morgan fingerprint density at radius 3 is 2.58 bits per heavy atom. The Morgan fingerprint density at radius 1 is 1.21 bits per heavy atom. The van der Waals surface area contributed by atoms with E-state index in [1.807, 2.05) is 0 Å². The molecule has 0 atom stereocenters. The van der Waals surface area contributed by atoms with Gasteiger partial charge in [0.2, 0.25) is 0 Å². The van der Waals surface area contributed by atoms with E-state index in [-0.39, 0.29) is 6.54 Å². The standard InChI is InChI=1S/C10H9ClN6O2/c11-8-3-1-7(2-4-8)10(19)14-13-9(18)5-17-6-12-15-16-17/h1-4,6H,5H2,(H,13,18)(H,14,19). The summed E-state index contributed by atoms with van der Waals surface area (Å²) in [5.41, 5.74) is 4.89. The van der Waals surface area contributed by atoms with Gasteiger partial charge >= 0.3 is 0 Å². The Kier molecular flexibility index (Phi) is 4.04. The number of rotatable bonds is 3. The van der Waals surface area contributed by atoms with Gasteiger partial charge in [-0.1, -0.05) is 11.6 Å². The topological polar surface area (TPSA) is 102 Å². The summed E-state index contributed by atoms with van der Waals surface area (Å²) in [4.78, 5) is 23.1. The van der Waals surface area contributed by atoms with Crippen molar-refractivity contribution < 1.29 is 9.59 Å². The Balaban J connectivity index is 1.83. The van der Waals surface area contributed by atoms with E-state index in [0.717, 1.165) is 0 Å². The average Bonchev–Trinajstić information content (AvgIpc) is 2.89. The number of aromatic nitrogens is 4. The van der Waals surface area contributed by atoms with Crippen molar-refractivity contribution in [3.8, 4) is 0 Å². The van der Waals surface area contributed by atoms with Crippen LogP contribution in [-0.2, 0) is 11.3 Å². The number of nitrogens with zero attached hydrogens (tertiary/aromatic N) is 4. The van der Waals surface area contributed by atoms with Crippen LogP contribution in [0.4, 0.5) is 0 Å². The van der Waals surface area contributed by atoms with Crippen LogP contribution in [-0.4, -0.2) is 32.0 Å². The number of amides is 2. The molecule has 1 heterocycles. The van der Waals surface area contributed by atoms with Crippen molar-refractivity contribution in [2.45, 2.75) is 6.54 Å². The summed E-state index contributed by atoms with van der Waals surface area (Å²) < 4.78 is 1.23. The van der Waals surface area contributed by atoms with Crippen LogP contribution in [0.3, 0.4) is 0 Å². The van der Waals surface area contributed by atoms with Crippen molar-refractivity contribution in [3.63, 3.8) is 0 Å². The third-order valence-electron chi connectivity index (χ3n) is 2.12. The second kappa shape index (κ2) is 5.91. The van der Waals surface area contributed by atoms with Gasteiger partial charge in [0.15, 0.2) is 0 Å². The van der Waals surface area contributed by atoms with Gasteiger partial charge in [-0.3, -0.25) is 20.4 Å². The van der Waals surface area contributed by atoms with Gasteiger partial charge in [-0.25, -0.2) is 4.68 Å². The van der Waals surface area contributed by atoms with Crippen LogP contribution in [0, 0.1) is 0 Å². The van der Waals surface area contributed by atoms with Crippen molar-refractivity contribution in [2.75, 3.05) is 0 Å². The molecule has 9 heteroatoms. The predicted octanol–water partition coefficient (Wildman–Crippen LogP) is -0.212. The molecule has 0 saturated heterocycles. The largest absolute Gasteiger partial charge is 0.271 e. The molecule has 8 nitrogen and oxygen atoms in total. The first kappa shape index (κ1) is 13.0. The second-order valence-electron chi connectivity index (χ2n) is 3.52. The molecular weight excluding hydrogens is 272 g/mol. The maximum absolute atomic E-state index is 11.6. The van der Waals surface area contributed by atoms with E-state index in [4.69, 9.17) is 11.6 Å². The predicted molar refractivity (Wildman–Crippen MR) is 64.9 cm³/mol. The number of nitrogens with one attached hydrogen (secondary N) is 2. The second-order valence-corrected chi connectivity index (χ2v) is 3.95. The Hall–Kier alpha value is -2.48. The summed E-state index contributed by atoms with van der Waals surface area (Å²) in [5.74, 6) is -0.892. The fourth-order valence-electron chi connectivity index (χ4n) is 1.24. The fraction of sp³-hybridized carbons (Fsp3) is 0.100. The average molecular weight is 281 g/mol. The molecule has 0 saturated carbocycles. The molecule has 0 unspecified atom stereocenters. The normalized spacial score (nSPS) is 9.95. The molecular formula is C10H9ClN6O2. The number of hydrazine groups is 1. The summed E-state index contributed by atoms with van der Waals surface area (Å²) >= 11 is 5.70. The van der Waals surface area contributed by atoms with Crippen LogP contribution in [0.2, 0.25) is 5.02 Å². The zero-order chi connectivity index (χ0) is 13.7. The van der Waals surface area contributed by atoms with Gasteiger partial charge < -0.3 is 0 Å². The van der Waals surface area contributed by atoms with Crippen molar-refractivity contribution in [2.24, 2.45) is 0 Å². The molecule has 0 aliphatic heterocycles.